The summed E-state index contributed by atoms with van der Waals surface area (Å²) >= 11 is 0. The number of anilines is 1. The van der Waals surface area contributed by atoms with Gasteiger partial charge in [0.1, 0.15) is 29.4 Å². The molecule has 0 radical (unpaired) electrons. The third kappa shape index (κ3) is 4.03. The van der Waals surface area contributed by atoms with Crippen molar-refractivity contribution in [2.75, 3.05) is 32.6 Å². The second kappa shape index (κ2) is 7.61. The maximum Gasteiger partial charge on any atom is 0.272 e. The van der Waals surface area contributed by atoms with E-state index < -0.39 is 0 Å². The van der Waals surface area contributed by atoms with Crippen LogP contribution in [-0.2, 0) is 0 Å². The molecule has 2 heterocycles. The average molecular weight is 336 g/mol. The number of benzene rings is 1. The van der Waals surface area contributed by atoms with Crippen molar-refractivity contribution in [2.45, 2.75) is 0 Å². The van der Waals surface area contributed by atoms with Crippen molar-refractivity contribution in [1.82, 2.24) is 14.9 Å². The van der Waals surface area contributed by atoms with Crippen LogP contribution in [-0.4, -0.2) is 48.0 Å². The number of fused-ring (bicyclic) bond motifs is 1. The first-order chi connectivity index (χ1) is 12.1. The number of nitrogens with zero attached hydrogens (tertiary/aromatic N) is 3. The minimum atomic E-state index is -0.123. The maximum absolute atomic E-state index is 11.9. The summed E-state index contributed by atoms with van der Waals surface area (Å²) < 4.78 is 5.83. The second-order valence-electron chi connectivity index (χ2n) is 5.71. The average Bonchev–Trinajstić information content (AvgIpc) is 2.65. The van der Waals surface area contributed by atoms with Crippen LogP contribution in [0.15, 0.2) is 54.7 Å². The topological polar surface area (TPSA) is 67.4 Å². The Bertz CT molecular complexity index is 875. The van der Waals surface area contributed by atoms with Gasteiger partial charge in [-0.1, -0.05) is 24.3 Å². The summed E-state index contributed by atoms with van der Waals surface area (Å²) in [5, 5.41) is 4.22. The fraction of sp³-hybridized carbons (Fsp3) is 0.211. The van der Waals surface area contributed by atoms with E-state index in [2.05, 4.69) is 15.3 Å². The summed E-state index contributed by atoms with van der Waals surface area (Å²) in [6, 6.07) is 15.1. The van der Waals surface area contributed by atoms with Crippen molar-refractivity contribution in [2.24, 2.45) is 0 Å². The van der Waals surface area contributed by atoms with Crippen LogP contribution < -0.4 is 10.1 Å². The summed E-state index contributed by atoms with van der Waals surface area (Å²) in [4.78, 5) is 22.1. The van der Waals surface area contributed by atoms with Crippen LogP contribution in [0.1, 0.15) is 10.5 Å². The van der Waals surface area contributed by atoms with Gasteiger partial charge in [-0.2, -0.15) is 0 Å². The van der Waals surface area contributed by atoms with E-state index in [4.69, 9.17) is 4.74 Å². The molecular weight excluding hydrogens is 316 g/mol. The molecule has 0 aliphatic heterocycles. The van der Waals surface area contributed by atoms with Gasteiger partial charge in [0.05, 0.1) is 6.54 Å². The highest BCUT2D eigenvalue weighted by molar-refractivity contribution is 5.92. The Balaban J connectivity index is 1.58. The van der Waals surface area contributed by atoms with Crippen molar-refractivity contribution in [1.29, 1.82) is 0 Å². The van der Waals surface area contributed by atoms with Crippen molar-refractivity contribution in [3.8, 4) is 5.75 Å². The van der Waals surface area contributed by atoms with Gasteiger partial charge in [0.15, 0.2) is 0 Å². The van der Waals surface area contributed by atoms with Gasteiger partial charge in [0.2, 0.25) is 0 Å². The summed E-state index contributed by atoms with van der Waals surface area (Å²) in [5.74, 6) is 1.28. The third-order valence-electron chi connectivity index (χ3n) is 3.64. The van der Waals surface area contributed by atoms with Crippen molar-refractivity contribution >= 4 is 22.6 Å². The second-order valence-corrected chi connectivity index (χ2v) is 5.71. The molecule has 0 saturated carbocycles. The molecule has 1 N–H and O–H groups in total. The quantitative estimate of drug-likeness (QED) is 0.701. The highest BCUT2D eigenvalue weighted by Gasteiger charge is 2.09. The molecule has 0 saturated heterocycles. The molecule has 6 heteroatoms. The van der Waals surface area contributed by atoms with Crippen LogP contribution >= 0.6 is 0 Å². The Morgan fingerprint density at radius 3 is 2.76 bits per heavy atom. The molecule has 3 rings (SSSR count). The zero-order chi connectivity index (χ0) is 17.6. The molecule has 6 nitrogen and oxygen atoms in total. The number of pyridine rings is 2. The Morgan fingerprint density at radius 2 is 1.92 bits per heavy atom. The summed E-state index contributed by atoms with van der Waals surface area (Å²) in [5.41, 5.74) is 1.26. The Hall–Kier alpha value is -3.15. The molecule has 25 heavy (non-hydrogen) atoms. The van der Waals surface area contributed by atoms with E-state index in [9.17, 15) is 4.79 Å². The van der Waals surface area contributed by atoms with Gasteiger partial charge < -0.3 is 15.0 Å². The number of ether oxygens (including phenoxy) is 1. The van der Waals surface area contributed by atoms with Crippen LogP contribution in [0.25, 0.3) is 10.9 Å². The molecule has 0 aliphatic rings. The molecule has 128 valence electrons. The highest BCUT2D eigenvalue weighted by Crippen LogP contribution is 2.22. The van der Waals surface area contributed by atoms with Crippen LogP contribution in [0, 0.1) is 0 Å². The lowest BCUT2D eigenvalue weighted by molar-refractivity contribution is 0.0822. The Kier molecular flexibility index (Phi) is 5.09. The molecule has 0 atom stereocenters. The number of hydrogen-bond donors (Lipinski definition) is 1. The summed E-state index contributed by atoms with van der Waals surface area (Å²) in [6.45, 7) is 1.03. The van der Waals surface area contributed by atoms with Gasteiger partial charge in [0.25, 0.3) is 5.91 Å². The molecule has 2 aromatic heterocycles. The predicted octanol–water partition coefficient (Wildman–Crippen LogP) is 2.82. The minimum absolute atomic E-state index is 0.123. The number of rotatable bonds is 6. The molecular formula is C19H20N4O2. The highest BCUT2D eigenvalue weighted by atomic mass is 16.5. The number of aromatic nitrogens is 2. The van der Waals surface area contributed by atoms with Gasteiger partial charge in [-0.15, -0.1) is 0 Å². The van der Waals surface area contributed by atoms with E-state index in [0.29, 0.717) is 24.7 Å². The minimum Gasteiger partial charge on any atom is -0.489 e. The van der Waals surface area contributed by atoms with E-state index in [1.165, 1.54) is 4.90 Å². The van der Waals surface area contributed by atoms with Crippen LogP contribution in [0.3, 0.4) is 0 Å². The number of carbonyl (C=O) groups excluding carboxylic acids is 1. The van der Waals surface area contributed by atoms with E-state index in [-0.39, 0.29) is 5.91 Å². The summed E-state index contributed by atoms with van der Waals surface area (Å²) in [7, 11) is 3.41. The van der Waals surface area contributed by atoms with Crippen LogP contribution in [0.4, 0.5) is 5.82 Å². The van der Waals surface area contributed by atoms with E-state index in [1.54, 1.807) is 26.4 Å². The van der Waals surface area contributed by atoms with Crippen LogP contribution in [0.5, 0.6) is 5.75 Å². The van der Waals surface area contributed by atoms with Crippen molar-refractivity contribution in [3.05, 3.63) is 60.4 Å². The van der Waals surface area contributed by atoms with Gasteiger partial charge in [-0.3, -0.25) is 9.78 Å². The lowest BCUT2D eigenvalue weighted by atomic mass is 10.2. The third-order valence-corrected chi connectivity index (χ3v) is 3.64. The van der Waals surface area contributed by atoms with Gasteiger partial charge in [0, 0.05) is 25.7 Å². The SMILES string of the molecule is CN(C)C(=O)c1cccc(NCCOc2cccc3cccnc23)n1. The number of carbonyl (C=O) groups is 1. The lowest BCUT2D eigenvalue weighted by Gasteiger charge is -2.12. The number of hydrogen-bond acceptors (Lipinski definition) is 5. The van der Waals surface area contributed by atoms with Gasteiger partial charge in [-0.25, -0.2) is 4.98 Å². The normalized spacial score (nSPS) is 10.5. The van der Waals surface area contributed by atoms with E-state index >= 15 is 0 Å². The monoisotopic (exact) mass is 336 g/mol. The van der Waals surface area contributed by atoms with Gasteiger partial charge >= 0.3 is 0 Å². The first kappa shape index (κ1) is 16.7. The smallest absolute Gasteiger partial charge is 0.272 e. The number of amides is 1. The zero-order valence-corrected chi connectivity index (χ0v) is 14.3. The molecule has 0 fully saturated rings. The fourth-order valence-corrected chi connectivity index (χ4v) is 2.41. The molecule has 0 aliphatic carbocycles. The van der Waals surface area contributed by atoms with E-state index in [0.717, 1.165) is 16.7 Å². The fourth-order valence-electron chi connectivity index (χ4n) is 2.41. The molecule has 0 bridgehead atoms. The lowest BCUT2D eigenvalue weighted by Crippen LogP contribution is -2.23. The van der Waals surface area contributed by atoms with Gasteiger partial charge in [-0.05, 0) is 24.3 Å². The first-order valence-corrected chi connectivity index (χ1v) is 8.04. The van der Waals surface area contributed by atoms with Crippen molar-refractivity contribution in [3.63, 3.8) is 0 Å². The maximum atomic E-state index is 11.9. The standard InChI is InChI=1S/C19H20N4O2/c1-23(2)19(24)15-8-4-10-17(22-15)20-12-13-25-16-9-3-6-14-7-5-11-21-18(14)16/h3-11H,12-13H2,1-2H3,(H,20,22). The number of nitrogens with one attached hydrogen (secondary N) is 1. The predicted molar refractivity (Wildman–Crippen MR) is 98.0 cm³/mol. The molecule has 3 aromatic rings. The van der Waals surface area contributed by atoms with Crippen LogP contribution in [0.2, 0.25) is 0 Å². The number of para-hydroxylation sites is 1. The van der Waals surface area contributed by atoms with Crippen molar-refractivity contribution < 1.29 is 9.53 Å². The zero-order valence-electron chi connectivity index (χ0n) is 14.3. The molecule has 1 aromatic carbocycles. The Labute approximate surface area is 146 Å². The molecule has 0 spiro atoms. The van der Waals surface area contributed by atoms with E-state index in [1.807, 2.05) is 42.5 Å². The summed E-state index contributed by atoms with van der Waals surface area (Å²) in [6.07, 6.45) is 1.75. The largest absolute Gasteiger partial charge is 0.489 e. The molecule has 0 unspecified atom stereocenters. The first-order valence-electron chi connectivity index (χ1n) is 8.04. The molecule has 1 amide bonds. The Morgan fingerprint density at radius 1 is 1.12 bits per heavy atom.